The summed E-state index contributed by atoms with van der Waals surface area (Å²) in [6.07, 6.45) is 0. The molecular weight excluding hydrogens is 325 g/mol. The van der Waals surface area contributed by atoms with Crippen LogP contribution in [-0.4, -0.2) is 28.3 Å². The number of carbonyl (C=O) groups is 2. The topological polar surface area (TPSA) is 71.1 Å². The maximum atomic E-state index is 12.7. The minimum Gasteiger partial charge on any atom is -0.325 e. The second-order valence-corrected chi connectivity index (χ2v) is 6.23. The fourth-order valence-electron chi connectivity index (χ4n) is 1.53. The molecule has 0 aliphatic carbocycles. The Labute approximate surface area is 135 Å². The summed E-state index contributed by atoms with van der Waals surface area (Å²) in [6.45, 7) is 1.85. The van der Waals surface area contributed by atoms with Crippen LogP contribution < -0.4 is 10.6 Å². The van der Waals surface area contributed by atoms with E-state index >= 15 is 0 Å². The van der Waals surface area contributed by atoms with Gasteiger partial charge in [-0.2, -0.15) is 0 Å². The molecule has 2 rings (SSSR count). The van der Waals surface area contributed by atoms with Crippen molar-refractivity contribution in [1.82, 2.24) is 4.98 Å². The number of hydrogen-bond donors (Lipinski definition) is 2. The van der Waals surface area contributed by atoms with Crippen molar-refractivity contribution in [3.05, 3.63) is 41.2 Å². The first kappa shape index (κ1) is 16.4. The molecule has 8 heteroatoms. The van der Waals surface area contributed by atoms with Gasteiger partial charge in [-0.15, -0.1) is 23.1 Å². The van der Waals surface area contributed by atoms with Gasteiger partial charge in [0, 0.05) is 11.1 Å². The molecule has 0 bridgehead atoms. The average molecular weight is 339 g/mol. The largest absolute Gasteiger partial charge is 0.325 e. The Balaban J connectivity index is 1.68. The van der Waals surface area contributed by atoms with E-state index < -0.39 is 0 Å². The van der Waals surface area contributed by atoms with Crippen molar-refractivity contribution >= 4 is 45.7 Å². The van der Waals surface area contributed by atoms with Gasteiger partial charge in [0.15, 0.2) is 5.13 Å². The quantitative estimate of drug-likeness (QED) is 0.849. The molecule has 0 unspecified atom stereocenters. The molecular formula is C14H14FN3O2S2. The number of carbonyl (C=O) groups excluding carboxylic acids is 2. The zero-order valence-electron chi connectivity index (χ0n) is 11.8. The fourth-order valence-corrected chi connectivity index (χ4v) is 2.85. The Kier molecular flexibility index (Phi) is 5.91. The lowest BCUT2D eigenvalue weighted by Crippen LogP contribution is -2.18. The third-order valence-corrected chi connectivity index (χ3v) is 4.27. The first-order valence-corrected chi connectivity index (χ1v) is 8.41. The number of rotatable bonds is 6. The van der Waals surface area contributed by atoms with Gasteiger partial charge in [0.2, 0.25) is 11.8 Å². The van der Waals surface area contributed by atoms with E-state index in [2.05, 4.69) is 15.6 Å². The standard InChI is InChI=1S/C14H14FN3O2S2/c1-9-6-22-14(16-9)18-13(20)8-21-7-12(19)17-11-4-2-10(15)3-5-11/h2-6H,7-8H2,1H3,(H,17,19)(H,16,18,20). The zero-order valence-corrected chi connectivity index (χ0v) is 13.4. The van der Waals surface area contributed by atoms with Crippen LogP contribution in [0.3, 0.4) is 0 Å². The van der Waals surface area contributed by atoms with E-state index in [0.29, 0.717) is 10.8 Å². The molecule has 0 atom stereocenters. The number of amides is 2. The molecule has 0 radical (unpaired) electrons. The Bertz CT molecular complexity index is 658. The number of aryl methyl sites for hydroxylation is 1. The zero-order chi connectivity index (χ0) is 15.9. The van der Waals surface area contributed by atoms with Crippen molar-refractivity contribution in [2.75, 3.05) is 22.1 Å². The monoisotopic (exact) mass is 339 g/mol. The number of anilines is 2. The molecule has 0 saturated heterocycles. The third kappa shape index (κ3) is 5.45. The highest BCUT2D eigenvalue weighted by atomic mass is 32.2. The lowest BCUT2D eigenvalue weighted by atomic mass is 10.3. The van der Waals surface area contributed by atoms with Gasteiger partial charge in [-0.25, -0.2) is 9.37 Å². The van der Waals surface area contributed by atoms with Crippen molar-refractivity contribution in [2.24, 2.45) is 0 Å². The normalized spacial score (nSPS) is 10.3. The molecule has 5 nitrogen and oxygen atoms in total. The molecule has 0 saturated carbocycles. The summed E-state index contributed by atoms with van der Waals surface area (Å²) in [7, 11) is 0. The van der Waals surface area contributed by atoms with Gasteiger partial charge in [0.25, 0.3) is 0 Å². The second kappa shape index (κ2) is 7.90. The molecule has 0 aliphatic rings. The van der Waals surface area contributed by atoms with Gasteiger partial charge in [-0.05, 0) is 31.2 Å². The molecule has 1 heterocycles. The first-order valence-electron chi connectivity index (χ1n) is 6.38. The summed E-state index contributed by atoms with van der Waals surface area (Å²) in [6, 6.07) is 5.50. The maximum absolute atomic E-state index is 12.7. The summed E-state index contributed by atoms with van der Waals surface area (Å²) in [5.41, 5.74) is 1.38. The van der Waals surface area contributed by atoms with Crippen molar-refractivity contribution in [3.8, 4) is 0 Å². The minimum absolute atomic E-state index is 0.141. The molecule has 1 aromatic heterocycles. The van der Waals surface area contributed by atoms with Crippen LogP contribution in [0.25, 0.3) is 0 Å². The molecule has 2 N–H and O–H groups in total. The smallest absolute Gasteiger partial charge is 0.236 e. The Hall–Kier alpha value is -1.93. The highest BCUT2D eigenvalue weighted by molar-refractivity contribution is 8.00. The predicted octanol–water partition coefficient (Wildman–Crippen LogP) is 2.90. The maximum Gasteiger partial charge on any atom is 0.236 e. The molecule has 0 spiro atoms. The van der Waals surface area contributed by atoms with Gasteiger partial charge in [0.1, 0.15) is 5.82 Å². The third-order valence-electron chi connectivity index (χ3n) is 2.46. The van der Waals surface area contributed by atoms with Gasteiger partial charge in [-0.3, -0.25) is 9.59 Å². The van der Waals surface area contributed by atoms with Gasteiger partial charge in [0.05, 0.1) is 17.2 Å². The van der Waals surface area contributed by atoms with E-state index in [4.69, 9.17) is 0 Å². The lowest BCUT2D eigenvalue weighted by molar-refractivity contribution is -0.114. The van der Waals surface area contributed by atoms with Crippen LogP contribution in [0.5, 0.6) is 0 Å². The van der Waals surface area contributed by atoms with Crippen molar-refractivity contribution in [3.63, 3.8) is 0 Å². The molecule has 0 aliphatic heterocycles. The molecule has 1 aromatic carbocycles. The van der Waals surface area contributed by atoms with E-state index in [9.17, 15) is 14.0 Å². The van der Waals surface area contributed by atoms with Crippen molar-refractivity contribution in [1.29, 1.82) is 0 Å². The first-order chi connectivity index (χ1) is 10.5. The van der Waals surface area contributed by atoms with Crippen molar-refractivity contribution < 1.29 is 14.0 Å². The van der Waals surface area contributed by atoms with Crippen LogP contribution in [0, 0.1) is 12.7 Å². The summed E-state index contributed by atoms with van der Waals surface area (Å²) >= 11 is 2.55. The van der Waals surface area contributed by atoms with E-state index in [0.717, 1.165) is 5.69 Å². The molecule has 116 valence electrons. The molecule has 2 aromatic rings. The van der Waals surface area contributed by atoms with Gasteiger partial charge >= 0.3 is 0 Å². The van der Waals surface area contributed by atoms with Crippen LogP contribution in [-0.2, 0) is 9.59 Å². The van der Waals surface area contributed by atoms with Crippen LogP contribution in [0.1, 0.15) is 5.69 Å². The van der Waals surface area contributed by atoms with E-state index in [1.165, 1.54) is 47.4 Å². The van der Waals surface area contributed by atoms with Gasteiger partial charge < -0.3 is 10.6 Å². The SMILES string of the molecule is Cc1csc(NC(=O)CSCC(=O)Nc2ccc(F)cc2)n1. The van der Waals surface area contributed by atoms with Crippen LogP contribution in [0.4, 0.5) is 15.2 Å². The number of thiazole rings is 1. The van der Waals surface area contributed by atoms with E-state index in [-0.39, 0.29) is 29.1 Å². The second-order valence-electron chi connectivity index (χ2n) is 4.39. The number of thioether (sulfide) groups is 1. The summed E-state index contributed by atoms with van der Waals surface area (Å²) in [4.78, 5) is 27.5. The molecule has 22 heavy (non-hydrogen) atoms. The van der Waals surface area contributed by atoms with Gasteiger partial charge in [-0.1, -0.05) is 0 Å². The van der Waals surface area contributed by atoms with Crippen LogP contribution >= 0.6 is 23.1 Å². The number of hydrogen-bond acceptors (Lipinski definition) is 5. The Morgan fingerprint density at radius 3 is 2.41 bits per heavy atom. The number of nitrogens with zero attached hydrogens (tertiary/aromatic N) is 1. The minimum atomic E-state index is -0.360. The summed E-state index contributed by atoms with van der Waals surface area (Å²) in [5.74, 6) is -0.498. The highest BCUT2D eigenvalue weighted by Gasteiger charge is 2.08. The van der Waals surface area contributed by atoms with E-state index in [1.54, 1.807) is 0 Å². The fraction of sp³-hybridized carbons (Fsp3) is 0.214. The predicted molar refractivity (Wildman–Crippen MR) is 87.8 cm³/mol. The molecule has 0 fully saturated rings. The number of benzene rings is 1. The summed E-state index contributed by atoms with van der Waals surface area (Å²) < 4.78 is 12.7. The highest BCUT2D eigenvalue weighted by Crippen LogP contribution is 2.15. The van der Waals surface area contributed by atoms with E-state index in [1.807, 2.05) is 12.3 Å². The number of aromatic nitrogens is 1. The van der Waals surface area contributed by atoms with Crippen molar-refractivity contribution in [2.45, 2.75) is 6.92 Å². The Morgan fingerprint density at radius 1 is 1.18 bits per heavy atom. The lowest BCUT2D eigenvalue weighted by Gasteiger charge is -2.05. The summed E-state index contributed by atoms with van der Waals surface area (Å²) in [5, 5.41) is 7.69. The Morgan fingerprint density at radius 2 is 1.82 bits per heavy atom. The average Bonchev–Trinajstić information content (AvgIpc) is 2.86. The number of nitrogens with one attached hydrogen (secondary N) is 2. The van der Waals surface area contributed by atoms with Crippen LogP contribution in [0.15, 0.2) is 29.6 Å². The molecule has 2 amide bonds. The number of halogens is 1. The van der Waals surface area contributed by atoms with Crippen LogP contribution in [0.2, 0.25) is 0 Å².